The summed E-state index contributed by atoms with van der Waals surface area (Å²) >= 11 is 1.70. The molecule has 3 atom stereocenters. The van der Waals surface area contributed by atoms with Crippen LogP contribution < -0.4 is 0 Å². The zero-order chi connectivity index (χ0) is 14.9. The third-order valence-corrected chi connectivity index (χ3v) is 5.40. The Kier molecular flexibility index (Phi) is 4.48. The number of hydrogen-bond donors (Lipinski definition) is 1. The molecule has 1 N–H and O–H groups in total. The largest absolute Gasteiger partial charge is 0.481 e. The maximum absolute atomic E-state index is 12.5. The molecule has 1 aliphatic carbocycles. The van der Waals surface area contributed by atoms with Crippen LogP contribution in [0.25, 0.3) is 0 Å². The summed E-state index contributed by atoms with van der Waals surface area (Å²) in [6.45, 7) is 4.07. The van der Waals surface area contributed by atoms with Crippen LogP contribution in [0.1, 0.15) is 42.0 Å². The zero-order valence-electron chi connectivity index (χ0n) is 12.1. The van der Waals surface area contributed by atoms with Crippen molar-refractivity contribution >= 4 is 23.2 Å². The highest BCUT2D eigenvalue weighted by Gasteiger charge is 2.36. The molecule has 0 aromatic carbocycles. The van der Waals surface area contributed by atoms with Crippen molar-refractivity contribution in [3.8, 4) is 0 Å². The molecule has 1 fully saturated rings. The number of carbonyl (C=O) groups is 2. The van der Waals surface area contributed by atoms with Crippen LogP contribution in [0.4, 0.5) is 0 Å². The fourth-order valence-electron chi connectivity index (χ4n) is 2.78. The van der Waals surface area contributed by atoms with Crippen LogP contribution in [0.15, 0.2) is 12.1 Å². The fourth-order valence-corrected chi connectivity index (χ4v) is 3.75. The predicted molar refractivity (Wildman–Crippen MR) is 78.7 cm³/mol. The van der Waals surface area contributed by atoms with Crippen molar-refractivity contribution in [2.45, 2.75) is 39.2 Å². The van der Waals surface area contributed by atoms with Gasteiger partial charge in [0.2, 0.25) is 5.91 Å². The lowest BCUT2D eigenvalue weighted by Crippen LogP contribution is -2.34. The van der Waals surface area contributed by atoms with Gasteiger partial charge in [-0.3, -0.25) is 9.59 Å². The normalized spacial score (nSPS) is 23.6. The number of aliphatic carboxylic acids is 1. The summed E-state index contributed by atoms with van der Waals surface area (Å²) in [5, 5.41) is 9.02. The second kappa shape index (κ2) is 5.95. The van der Waals surface area contributed by atoms with Gasteiger partial charge in [-0.05, 0) is 45.2 Å². The van der Waals surface area contributed by atoms with Crippen LogP contribution >= 0.6 is 11.3 Å². The Hall–Kier alpha value is -1.36. The molecule has 0 radical (unpaired) electrons. The molecule has 1 amide bonds. The number of hydrogen-bond acceptors (Lipinski definition) is 3. The first kappa shape index (κ1) is 15.0. The molecule has 1 heterocycles. The molecule has 3 unspecified atom stereocenters. The van der Waals surface area contributed by atoms with Gasteiger partial charge in [-0.1, -0.05) is 0 Å². The number of amides is 1. The first-order valence-electron chi connectivity index (χ1n) is 6.96. The van der Waals surface area contributed by atoms with Gasteiger partial charge in [-0.25, -0.2) is 0 Å². The molecule has 5 heteroatoms. The smallest absolute Gasteiger partial charge is 0.306 e. The minimum absolute atomic E-state index is 0.0464. The van der Waals surface area contributed by atoms with E-state index in [-0.39, 0.29) is 23.8 Å². The number of carbonyl (C=O) groups excluding carboxylic acids is 1. The van der Waals surface area contributed by atoms with Crippen molar-refractivity contribution in [2.75, 3.05) is 7.05 Å². The summed E-state index contributed by atoms with van der Waals surface area (Å²) in [6.07, 6.45) is 1.79. The molecular formula is C15H21NO3S. The van der Waals surface area contributed by atoms with Crippen molar-refractivity contribution in [3.63, 3.8) is 0 Å². The Balaban J connectivity index is 2.00. The van der Waals surface area contributed by atoms with Gasteiger partial charge in [0, 0.05) is 22.7 Å². The summed E-state index contributed by atoms with van der Waals surface area (Å²) in [7, 11) is 1.82. The molecule has 2 rings (SSSR count). The lowest BCUT2D eigenvalue weighted by atomic mass is 10.0. The Labute approximate surface area is 123 Å². The molecule has 1 saturated carbocycles. The fraction of sp³-hybridized carbons (Fsp3) is 0.600. The van der Waals surface area contributed by atoms with Crippen LogP contribution in [0.2, 0.25) is 0 Å². The maximum atomic E-state index is 12.5. The van der Waals surface area contributed by atoms with Gasteiger partial charge in [0.25, 0.3) is 0 Å². The first-order chi connectivity index (χ1) is 9.40. The second-order valence-corrected chi connectivity index (χ2v) is 6.94. The van der Waals surface area contributed by atoms with Crippen molar-refractivity contribution in [3.05, 3.63) is 21.9 Å². The minimum Gasteiger partial charge on any atom is -0.481 e. The van der Waals surface area contributed by atoms with Crippen LogP contribution in [-0.4, -0.2) is 28.9 Å². The lowest BCUT2D eigenvalue weighted by molar-refractivity contribution is -0.141. The second-order valence-electron chi connectivity index (χ2n) is 5.62. The van der Waals surface area contributed by atoms with E-state index >= 15 is 0 Å². The number of nitrogens with zero attached hydrogens (tertiary/aromatic N) is 1. The van der Waals surface area contributed by atoms with E-state index < -0.39 is 5.97 Å². The summed E-state index contributed by atoms with van der Waals surface area (Å²) < 4.78 is 0. The quantitative estimate of drug-likeness (QED) is 0.928. The Morgan fingerprint density at radius 3 is 2.50 bits per heavy atom. The van der Waals surface area contributed by atoms with Crippen LogP contribution in [0, 0.1) is 18.8 Å². The molecule has 110 valence electrons. The van der Waals surface area contributed by atoms with Crippen LogP contribution in [0.5, 0.6) is 0 Å². The zero-order valence-corrected chi connectivity index (χ0v) is 12.9. The van der Waals surface area contributed by atoms with Gasteiger partial charge >= 0.3 is 5.97 Å². The van der Waals surface area contributed by atoms with Crippen molar-refractivity contribution in [2.24, 2.45) is 11.8 Å². The van der Waals surface area contributed by atoms with Gasteiger partial charge in [0.05, 0.1) is 12.0 Å². The van der Waals surface area contributed by atoms with E-state index in [1.165, 1.54) is 9.75 Å². The summed E-state index contributed by atoms with van der Waals surface area (Å²) in [5.74, 6) is -1.18. The molecular weight excluding hydrogens is 274 g/mol. The van der Waals surface area contributed by atoms with E-state index in [1.54, 1.807) is 16.2 Å². The number of carboxylic acid groups (broad SMARTS) is 1. The Morgan fingerprint density at radius 1 is 1.35 bits per heavy atom. The van der Waals surface area contributed by atoms with Gasteiger partial charge in [0.1, 0.15) is 0 Å². The van der Waals surface area contributed by atoms with Crippen molar-refractivity contribution in [1.29, 1.82) is 0 Å². The highest BCUT2D eigenvalue weighted by atomic mass is 32.1. The Morgan fingerprint density at radius 2 is 2.00 bits per heavy atom. The third-order valence-electron chi connectivity index (χ3n) is 4.23. The lowest BCUT2D eigenvalue weighted by Gasteiger charge is -2.27. The molecule has 0 bridgehead atoms. The summed E-state index contributed by atoms with van der Waals surface area (Å²) in [6, 6.07) is 4.17. The van der Waals surface area contributed by atoms with E-state index in [1.807, 2.05) is 14.0 Å². The molecule has 1 aromatic heterocycles. The highest BCUT2D eigenvalue weighted by molar-refractivity contribution is 7.12. The van der Waals surface area contributed by atoms with Crippen LogP contribution in [0.3, 0.4) is 0 Å². The van der Waals surface area contributed by atoms with Crippen molar-refractivity contribution < 1.29 is 14.7 Å². The summed E-state index contributed by atoms with van der Waals surface area (Å²) in [4.78, 5) is 27.6. The maximum Gasteiger partial charge on any atom is 0.306 e. The number of thiophene rings is 1. The molecule has 0 aliphatic heterocycles. The van der Waals surface area contributed by atoms with Gasteiger partial charge in [-0.15, -0.1) is 11.3 Å². The predicted octanol–water partition coefficient (Wildman–Crippen LogP) is 3.08. The van der Waals surface area contributed by atoms with E-state index in [2.05, 4.69) is 19.1 Å². The Bertz CT molecular complexity index is 511. The SMILES string of the molecule is Cc1ccc(C(C)N(C)C(=O)C2CCC(C(=O)O)C2)s1. The highest BCUT2D eigenvalue weighted by Crippen LogP contribution is 2.34. The average Bonchev–Trinajstić information content (AvgIpc) is 3.04. The standard InChI is InChI=1S/C15H21NO3S/c1-9-4-7-13(20-9)10(2)16(3)14(17)11-5-6-12(8-11)15(18)19/h4,7,10-12H,5-6,8H2,1-3H3,(H,18,19). The molecule has 20 heavy (non-hydrogen) atoms. The van der Waals surface area contributed by atoms with E-state index in [4.69, 9.17) is 5.11 Å². The number of aryl methyl sites for hydroxylation is 1. The molecule has 4 nitrogen and oxygen atoms in total. The van der Waals surface area contributed by atoms with Crippen LogP contribution in [-0.2, 0) is 9.59 Å². The number of rotatable bonds is 4. The van der Waals surface area contributed by atoms with Gasteiger partial charge in [0.15, 0.2) is 0 Å². The van der Waals surface area contributed by atoms with E-state index in [9.17, 15) is 9.59 Å². The third kappa shape index (κ3) is 3.03. The van der Waals surface area contributed by atoms with E-state index in [0.717, 1.165) is 0 Å². The summed E-state index contributed by atoms with van der Waals surface area (Å²) in [5.41, 5.74) is 0. The van der Waals surface area contributed by atoms with E-state index in [0.29, 0.717) is 19.3 Å². The molecule has 0 spiro atoms. The average molecular weight is 295 g/mol. The van der Waals surface area contributed by atoms with Crippen molar-refractivity contribution in [1.82, 2.24) is 4.90 Å². The van der Waals surface area contributed by atoms with Gasteiger partial charge < -0.3 is 10.0 Å². The topological polar surface area (TPSA) is 57.6 Å². The minimum atomic E-state index is -0.773. The molecule has 1 aromatic rings. The number of carboxylic acids is 1. The molecule has 1 aliphatic rings. The molecule has 0 saturated heterocycles. The first-order valence-corrected chi connectivity index (χ1v) is 7.77. The van der Waals surface area contributed by atoms with Gasteiger partial charge in [-0.2, -0.15) is 0 Å². The monoisotopic (exact) mass is 295 g/mol.